The summed E-state index contributed by atoms with van der Waals surface area (Å²) in [5, 5.41) is 2.55. The fourth-order valence-electron chi connectivity index (χ4n) is 10.8. The van der Waals surface area contributed by atoms with Crippen molar-refractivity contribution in [1.82, 2.24) is 4.57 Å². The van der Waals surface area contributed by atoms with Crippen molar-refractivity contribution in [3.63, 3.8) is 0 Å². The zero-order valence-corrected chi connectivity index (χ0v) is 31.1. The van der Waals surface area contributed by atoms with Gasteiger partial charge < -0.3 is 9.47 Å². The van der Waals surface area contributed by atoms with Gasteiger partial charge in [-0.05, 0) is 105 Å². The minimum Gasteiger partial charge on any atom is -0.309 e. The van der Waals surface area contributed by atoms with Crippen LogP contribution in [0.4, 0.5) is 17.1 Å². The lowest BCUT2D eigenvalue weighted by atomic mass is 9.69. The summed E-state index contributed by atoms with van der Waals surface area (Å²) in [7, 11) is 0. The molecule has 0 radical (unpaired) electrons. The maximum Gasteiger partial charge on any atom is 0.0587 e. The maximum atomic E-state index is 2.59. The Morgan fingerprint density at radius 3 is 1.89 bits per heavy atom. The van der Waals surface area contributed by atoms with Crippen molar-refractivity contribution in [2.75, 3.05) is 4.90 Å². The summed E-state index contributed by atoms with van der Waals surface area (Å²) >= 11 is 0. The first-order chi connectivity index (χ1) is 27.0. The van der Waals surface area contributed by atoms with Crippen LogP contribution in [0.1, 0.15) is 48.6 Å². The van der Waals surface area contributed by atoms with E-state index in [1.807, 2.05) is 0 Å². The highest BCUT2D eigenvalue weighted by Gasteiger charge is 2.50. The Bertz CT molecular complexity index is 3070. The van der Waals surface area contributed by atoms with Gasteiger partial charge in [0.15, 0.2) is 0 Å². The molecule has 0 saturated carbocycles. The number of hydrogen-bond donors (Lipinski definition) is 0. The van der Waals surface area contributed by atoms with Gasteiger partial charge in [0.05, 0.1) is 22.4 Å². The van der Waals surface area contributed by atoms with Crippen LogP contribution < -0.4 is 4.90 Å². The molecule has 2 nitrogen and oxygen atoms in total. The summed E-state index contributed by atoms with van der Waals surface area (Å²) in [6.45, 7) is 7.24. The average molecular weight is 703 g/mol. The number of rotatable bonds is 3. The van der Waals surface area contributed by atoms with Crippen LogP contribution in [0.15, 0.2) is 176 Å². The molecule has 1 aliphatic heterocycles. The molecule has 0 fully saturated rings. The van der Waals surface area contributed by atoms with E-state index in [2.05, 4.69) is 206 Å². The summed E-state index contributed by atoms with van der Waals surface area (Å²) < 4.78 is 2.40. The number of anilines is 3. The Labute approximate surface area is 321 Å². The fraction of sp³-hybridized carbons (Fsp3) is 0.0943. The molecule has 0 saturated heterocycles. The molecule has 3 aliphatic rings. The highest BCUT2D eigenvalue weighted by atomic mass is 15.2. The highest BCUT2D eigenvalue weighted by Crippen LogP contribution is 2.66. The zero-order valence-electron chi connectivity index (χ0n) is 31.1. The molecule has 9 aromatic rings. The van der Waals surface area contributed by atoms with Crippen molar-refractivity contribution in [3.05, 3.63) is 204 Å². The van der Waals surface area contributed by atoms with Gasteiger partial charge in [-0.2, -0.15) is 0 Å². The Balaban J connectivity index is 1.10. The van der Waals surface area contributed by atoms with Crippen LogP contribution >= 0.6 is 0 Å². The molecular weight excluding hydrogens is 665 g/mol. The van der Waals surface area contributed by atoms with Gasteiger partial charge in [0, 0.05) is 38.5 Å². The predicted octanol–water partition coefficient (Wildman–Crippen LogP) is 13.9. The van der Waals surface area contributed by atoms with E-state index in [-0.39, 0.29) is 10.8 Å². The number of benzene rings is 8. The van der Waals surface area contributed by atoms with E-state index in [0.29, 0.717) is 0 Å². The summed E-state index contributed by atoms with van der Waals surface area (Å²) in [5.41, 5.74) is 21.8. The second-order valence-electron chi connectivity index (χ2n) is 16.2. The Morgan fingerprint density at radius 1 is 0.418 bits per heavy atom. The largest absolute Gasteiger partial charge is 0.309 e. The molecule has 2 heteroatoms. The van der Waals surface area contributed by atoms with E-state index in [4.69, 9.17) is 0 Å². The molecule has 1 atom stereocenters. The Kier molecular flexibility index (Phi) is 6.01. The van der Waals surface area contributed by atoms with Crippen LogP contribution in [-0.4, -0.2) is 4.57 Å². The molecule has 8 aromatic carbocycles. The van der Waals surface area contributed by atoms with E-state index >= 15 is 0 Å². The number of fused-ring (bicyclic) bond motifs is 12. The smallest absolute Gasteiger partial charge is 0.0587 e. The normalized spacial score (nSPS) is 16.8. The van der Waals surface area contributed by atoms with Gasteiger partial charge in [0.2, 0.25) is 0 Å². The molecule has 260 valence electrons. The van der Waals surface area contributed by atoms with Gasteiger partial charge in [-0.3, -0.25) is 0 Å². The SMILES string of the molecule is CC1(C)c2ccccc2-c2c1ccc1c2N(c2ccc(-c3cccc4c3c3ccccc3n4-c3ccccc3)cc2)c2cccc3c2C1(C)c1ccccc1-3. The second kappa shape index (κ2) is 10.7. The van der Waals surface area contributed by atoms with Crippen molar-refractivity contribution in [3.8, 4) is 39.1 Å². The van der Waals surface area contributed by atoms with Crippen LogP contribution in [-0.2, 0) is 10.8 Å². The van der Waals surface area contributed by atoms with E-state index in [1.165, 1.54) is 106 Å². The molecule has 0 spiro atoms. The molecule has 0 amide bonds. The third kappa shape index (κ3) is 3.84. The highest BCUT2D eigenvalue weighted by molar-refractivity contribution is 6.16. The number of aromatic nitrogens is 1. The first-order valence-corrected chi connectivity index (χ1v) is 19.5. The van der Waals surface area contributed by atoms with E-state index in [1.54, 1.807) is 0 Å². The standard InChI is InChI=1S/C53H38N2/c1-52(2)41-22-10-8-18-39(41)49-43(52)31-32-44-51(49)55(47-26-14-21-38-37-17-7-11-23-42(37)53(44,3)50(38)47)35-29-27-33(28-30-35)36-20-13-25-46-48(36)40-19-9-12-24-45(40)54(46)34-15-5-4-6-16-34/h4-32H,1-3H3. The molecule has 0 bridgehead atoms. The molecule has 2 aliphatic carbocycles. The predicted molar refractivity (Wildman–Crippen MR) is 229 cm³/mol. The quantitative estimate of drug-likeness (QED) is 0.178. The van der Waals surface area contributed by atoms with Crippen molar-refractivity contribution in [2.45, 2.75) is 31.6 Å². The van der Waals surface area contributed by atoms with Crippen LogP contribution in [0.5, 0.6) is 0 Å². The molecule has 12 rings (SSSR count). The lowest BCUT2D eigenvalue weighted by Crippen LogP contribution is -2.33. The first kappa shape index (κ1) is 30.8. The van der Waals surface area contributed by atoms with Crippen LogP contribution in [0, 0.1) is 0 Å². The van der Waals surface area contributed by atoms with Crippen molar-refractivity contribution >= 4 is 38.9 Å². The minimum absolute atomic E-state index is 0.106. The molecule has 2 heterocycles. The first-order valence-electron chi connectivity index (χ1n) is 19.5. The lowest BCUT2D eigenvalue weighted by Gasteiger charge is -2.43. The second-order valence-corrected chi connectivity index (χ2v) is 16.2. The minimum atomic E-state index is -0.284. The monoisotopic (exact) mass is 702 g/mol. The van der Waals surface area contributed by atoms with Gasteiger partial charge in [0.25, 0.3) is 0 Å². The molecule has 1 unspecified atom stereocenters. The zero-order chi connectivity index (χ0) is 36.6. The van der Waals surface area contributed by atoms with Crippen molar-refractivity contribution in [2.24, 2.45) is 0 Å². The Hall–Kier alpha value is -6.64. The van der Waals surface area contributed by atoms with Crippen LogP contribution in [0.3, 0.4) is 0 Å². The Morgan fingerprint density at radius 2 is 1.05 bits per heavy atom. The van der Waals surface area contributed by atoms with Gasteiger partial charge in [0.1, 0.15) is 0 Å². The molecule has 55 heavy (non-hydrogen) atoms. The van der Waals surface area contributed by atoms with Gasteiger partial charge in [-0.25, -0.2) is 0 Å². The molecular formula is C53H38N2. The summed E-state index contributed by atoms with van der Waals surface area (Å²) in [6, 6.07) is 65.6. The third-order valence-corrected chi connectivity index (χ3v) is 13.2. The average Bonchev–Trinajstić information content (AvgIpc) is 3.80. The summed E-state index contributed by atoms with van der Waals surface area (Å²) in [5.74, 6) is 0. The molecule has 1 aromatic heterocycles. The summed E-state index contributed by atoms with van der Waals surface area (Å²) in [4.78, 5) is 2.59. The van der Waals surface area contributed by atoms with Crippen LogP contribution in [0.2, 0.25) is 0 Å². The summed E-state index contributed by atoms with van der Waals surface area (Å²) in [6.07, 6.45) is 0. The van der Waals surface area contributed by atoms with Crippen molar-refractivity contribution < 1.29 is 0 Å². The van der Waals surface area contributed by atoms with E-state index < -0.39 is 0 Å². The van der Waals surface area contributed by atoms with E-state index in [0.717, 1.165) is 0 Å². The molecule has 0 N–H and O–H groups in total. The number of hydrogen-bond acceptors (Lipinski definition) is 1. The van der Waals surface area contributed by atoms with Crippen molar-refractivity contribution in [1.29, 1.82) is 0 Å². The number of nitrogens with zero attached hydrogens (tertiary/aromatic N) is 2. The van der Waals surface area contributed by atoms with Crippen LogP contribution in [0.25, 0.3) is 60.9 Å². The van der Waals surface area contributed by atoms with Gasteiger partial charge in [-0.1, -0.05) is 147 Å². The van der Waals surface area contributed by atoms with E-state index in [9.17, 15) is 0 Å². The van der Waals surface area contributed by atoms with Gasteiger partial charge >= 0.3 is 0 Å². The third-order valence-electron chi connectivity index (χ3n) is 13.2. The lowest BCUT2D eigenvalue weighted by molar-refractivity contribution is 0.657. The number of para-hydroxylation sites is 2. The topological polar surface area (TPSA) is 8.17 Å². The maximum absolute atomic E-state index is 2.59. The van der Waals surface area contributed by atoms with Gasteiger partial charge in [-0.15, -0.1) is 0 Å². The fourth-order valence-corrected chi connectivity index (χ4v) is 10.8.